The van der Waals surface area contributed by atoms with E-state index in [1.165, 1.54) is 24.8 Å². The summed E-state index contributed by atoms with van der Waals surface area (Å²) in [4.78, 5) is 27.3. The van der Waals surface area contributed by atoms with E-state index in [1.54, 1.807) is 11.8 Å². The molecule has 35 heavy (non-hydrogen) atoms. The molecule has 6 heteroatoms. The number of carbonyl (C=O) groups excluding carboxylic acids is 2. The van der Waals surface area contributed by atoms with Crippen LogP contribution in [-0.2, 0) is 11.2 Å². The van der Waals surface area contributed by atoms with E-state index in [0.717, 1.165) is 23.4 Å². The second-order valence-electron chi connectivity index (χ2n) is 8.56. The minimum atomic E-state index is -0.144. The average molecular weight is 489 g/mol. The number of rotatable bonds is 10. The highest BCUT2D eigenvalue weighted by Crippen LogP contribution is 2.44. The third kappa shape index (κ3) is 6.06. The number of aryl methyl sites for hydroxylation is 1. The molecule has 182 valence electrons. The summed E-state index contributed by atoms with van der Waals surface area (Å²) in [5, 5.41) is 2.83. The first-order chi connectivity index (χ1) is 17.1. The maximum absolute atomic E-state index is 12.8. The molecule has 3 aromatic rings. The molecule has 3 aromatic carbocycles. The Morgan fingerprint density at radius 3 is 2.46 bits per heavy atom. The molecule has 0 spiro atoms. The Balaban J connectivity index is 1.44. The van der Waals surface area contributed by atoms with Crippen LogP contribution in [0.15, 0.2) is 72.8 Å². The highest BCUT2D eigenvalue weighted by atomic mass is 32.2. The van der Waals surface area contributed by atoms with Crippen molar-refractivity contribution in [2.75, 3.05) is 22.6 Å². The fraction of sp³-hybridized carbons (Fsp3) is 0.310. The lowest BCUT2D eigenvalue weighted by Gasteiger charge is -2.26. The van der Waals surface area contributed by atoms with Gasteiger partial charge in [-0.25, -0.2) is 0 Å². The second-order valence-corrected chi connectivity index (χ2v) is 9.63. The van der Waals surface area contributed by atoms with Gasteiger partial charge in [-0.2, -0.15) is 0 Å². The van der Waals surface area contributed by atoms with Crippen LogP contribution in [0.1, 0.15) is 60.0 Å². The van der Waals surface area contributed by atoms with E-state index in [4.69, 9.17) is 4.74 Å². The lowest BCUT2D eigenvalue weighted by molar-refractivity contribution is -0.115. The fourth-order valence-electron chi connectivity index (χ4n) is 4.20. The summed E-state index contributed by atoms with van der Waals surface area (Å²) in [6.07, 6.45) is 4.65. The molecule has 1 N–H and O–H groups in total. The summed E-state index contributed by atoms with van der Waals surface area (Å²) in [7, 11) is 0. The summed E-state index contributed by atoms with van der Waals surface area (Å²) >= 11 is 1.59. The molecule has 0 saturated carbocycles. The zero-order valence-electron chi connectivity index (χ0n) is 20.3. The van der Waals surface area contributed by atoms with Crippen molar-refractivity contribution in [1.82, 2.24) is 0 Å². The minimum absolute atomic E-state index is 0.0580. The van der Waals surface area contributed by atoms with Crippen LogP contribution in [-0.4, -0.2) is 24.2 Å². The van der Waals surface area contributed by atoms with Crippen LogP contribution in [0.4, 0.5) is 11.4 Å². The Labute approximate surface area is 211 Å². The van der Waals surface area contributed by atoms with Crippen molar-refractivity contribution in [3.05, 3.63) is 89.5 Å². The molecule has 1 aliphatic rings. The number of hydrogen-bond donors (Lipinski definition) is 1. The first-order valence-electron chi connectivity index (χ1n) is 12.3. The summed E-state index contributed by atoms with van der Waals surface area (Å²) in [6.45, 7) is 4.67. The summed E-state index contributed by atoms with van der Waals surface area (Å²) in [5.74, 6) is 1.05. The van der Waals surface area contributed by atoms with Crippen molar-refractivity contribution >= 4 is 35.0 Å². The normalized spacial score (nSPS) is 15.3. The maximum Gasteiger partial charge on any atom is 0.255 e. The first kappa shape index (κ1) is 24.9. The summed E-state index contributed by atoms with van der Waals surface area (Å²) < 4.78 is 5.77. The number of hydrogen-bond acceptors (Lipinski definition) is 4. The molecule has 4 rings (SSSR count). The van der Waals surface area contributed by atoms with Gasteiger partial charge < -0.3 is 10.1 Å². The number of amides is 2. The van der Waals surface area contributed by atoms with E-state index in [0.29, 0.717) is 23.7 Å². The molecular formula is C29H32N2O3S. The van der Waals surface area contributed by atoms with Gasteiger partial charge in [-0.05, 0) is 67.3 Å². The van der Waals surface area contributed by atoms with Gasteiger partial charge in [-0.3, -0.25) is 14.5 Å². The molecule has 1 unspecified atom stereocenters. The third-order valence-electron chi connectivity index (χ3n) is 6.03. The Morgan fingerprint density at radius 1 is 1.00 bits per heavy atom. The molecule has 0 bridgehead atoms. The number of nitrogens with one attached hydrogen (secondary N) is 1. The van der Waals surface area contributed by atoms with E-state index in [9.17, 15) is 9.59 Å². The van der Waals surface area contributed by atoms with Gasteiger partial charge in [0.15, 0.2) is 0 Å². The van der Waals surface area contributed by atoms with E-state index < -0.39 is 0 Å². The monoisotopic (exact) mass is 488 g/mol. The summed E-state index contributed by atoms with van der Waals surface area (Å²) in [5.41, 5.74) is 4.41. The number of ether oxygens (including phenoxy) is 1. The molecule has 1 saturated heterocycles. The van der Waals surface area contributed by atoms with Crippen LogP contribution in [0, 0.1) is 0 Å². The SMILES string of the molecule is CCCCCc1ccc(C(=O)Nc2ccc(C3SCC(=O)N3c3ccccc3OCC)cc2)cc1. The molecular weight excluding hydrogens is 456 g/mol. The maximum atomic E-state index is 12.8. The van der Waals surface area contributed by atoms with Gasteiger partial charge in [-0.15, -0.1) is 11.8 Å². The molecule has 0 radical (unpaired) electrons. The smallest absolute Gasteiger partial charge is 0.255 e. The Morgan fingerprint density at radius 2 is 1.74 bits per heavy atom. The molecule has 1 fully saturated rings. The van der Waals surface area contributed by atoms with Crippen LogP contribution in [0.3, 0.4) is 0 Å². The predicted molar refractivity (Wildman–Crippen MR) is 144 cm³/mol. The van der Waals surface area contributed by atoms with Crippen molar-refractivity contribution < 1.29 is 14.3 Å². The second kappa shape index (κ2) is 11.9. The lowest BCUT2D eigenvalue weighted by atomic mass is 10.1. The van der Waals surface area contributed by atoms with E-state index in [2.05, 4.69) is 12.2 Å². The van der Waals surface area contributed by atoms with Gasteiger partial charge in [-0.1, -0.05) is 56.2 Å². The number of nitrogens with zero attached hydrogens (tertiary/aromatic N) is 1. The van der Waals surface area contributed by atoms with Crippen LogP contribution in [0.5, 0.6) is 5.75 Å². The molecule has 2 amide bonds. The van der Waals surface area contributed by atoms with Gasteiger partial charge >= 0.3 is 0 Å². The Bertz CT molecular complexity index is 1150. The van der Waals surface area contributed by atoms with Gasteiger partial charge in [0.1, 0.15) is 11.1 Å². The average Bonchev–Trinajstić information content (AvgIpc) is 3.26. The molecule has 0 aliphatic carbocycles. The van der Waals surface area contributed by atoms with E-state index in [1.807, 2.05) is 84.6 Å². The molecule has 1 atom stereocenters. The molecule has 1 heterocycles. The fourth-order valence-corrected chi connectivity index (χ4v) is 5.37. The summed E-state index contributed by atoms with van der Waals surface area (Å²) in [6, 6.07) is 23.2. The number of para-hydroxylation sites is 2. The topological polar surface area (TPSA) is 58.6 Å². The van der Waals surface area contributed by atoms with Crippen LogP contribution in [0.25, 0.3) is 0 Å². The quantitative estimate of drug-likeness (QED) is 0.317. The van der Waals surface area contributed by atoms with Gasteiger partial charge in [0.05, 0.1) is 18.0 Å². The molecule has 1 aliphatic heterocycles. The zero-order chi connectivity index (χ0) is 24.6. The standard InChI is InChI=1S/C29H32N2O3S/c1-3-5-6-9-21-12-14-22(15-13-21)28(33)30-24-18-16-23(17-19-24)29-31(27(32)20-35-29)25-10-7-8-11-26(25)34-4-2/h7-8,10-19,29H,3-6,9,20H2,1-2H3,(H,30,33). The van der Waals surface area contributed by atoms with Gasteiger partial charge in [0.25, 0.3) is 5.91 Å². The van der Waals surface area contributed by atoms with Crippen molar-refractivity contribution in [3.8, 4) is 5.75 Å². The van der Waals surface area contributed by atoms with E-state index in [-0.39, 0.29) is 17.2 Å². The number of benzene rings is 3. The number of unbranched alkanes of at least 4 members (excludes halogenated alkanes) is 2. The Kier molecular flexibility index (Phi) is 8.48. The minimum Gasteiger partial charge on any atom is -0.492 e. The van der Waals surface area contributed by atoms with Gasteiger partial charge in [0.2, 0.25) is 5.91 Å². The molecule has 0 aromatic heterocycles. The number of carbonyl (C=O) groups is 2. The highest BCUT2D eigenvalue weighted by Gasteiger charge is 2.35. The molecule has 5 nitrogen and oxygen atoms in total. The Hall–Kier alpha value is -3.25. The van der Waals surface area contributed by atoms with Crippen molar-refractivity contribution in [3.63, 3.8) is 0 Å². The number of thioether (sulfide) groups is 1. The predicted octanol–water partition coefficient (Wildman–Crippen LogP) is 6.85. The number of anilines is 2. The van der Waals surface area contributed by atoms with Gasteiger partial charge in [0, 0.05) is 11.3 Å². The third-order valence-corrected chi connectivity index (χ3v) is 7.24. The highest BCUT2D eigenvalue weighted by molar-refractivity contribution is 8.00. The van der Waals surface area contributed by atoms with Crippen molar-refractivity contribution in [2.45, 2.75) is 44.9 Å². The van der Waals surface area contributed by atoms with E-state index >= 15 is 0 Å². The lowest BCUT2D eigenvalue weighted by Crippen LogP contribution is -2.28. The van der Waals surface area contributed by atoms with Crippen molar-refractivity contribution in [1.29, 1.82) is 0 Å². The van der Waals surface area contributed by atoms with Crippen molar-refractivity contribution in [2.24, 2.45) is 0 Å². The first-order valence-corrected chi connectivity index (χ1v) is 13.3. The largest absolute Gasteiger partial charge is 0.492 e. The van der Waals surface area contributed by atoms with Crippen LogP contribution in [0.2, 0.25) is 0 Å². The van der Waals surface area contributed by atoms with Crippen LogP contribution >= 0.6 is 11.8 Å². The zero-order valence-corrected chi connectivity index (χ0v) is 21.1. The van der Waals surface area contributed by atoms with Crippen LogP contribution < -0.4 is 15.0 Å².